The van der Waals surface area contributed by atoms with Gasteiger partial charge in [0.1, 0.15) is 17.2 Å². The summed E-state index contributed by atoms with van der Waals surface area (Å²) in [6.45, 7) is 4.01. The van der Waals surface area contributed by atoms with Crippen LogP contribution in [-0.2, 0) is 26.8 Å². The second-order valence-corrected chi connectivity index (χ2v) is 9.29. The summed E-state index contributed by atoms with van der Waals surface area (Å²) < 4.78 is 58.2. The van der Waals surface area contributed by atoms with Crippen LogP contribution in [0.5, 0.6) is 0 Å². The Morgan fingerprint density at radius 2 is 1.79 bits per heavy atom. The lowest BCUT2D eigenvalue weighted by molar-refractivity contribution is -0.140. The van der Waals surface area contributed by atoms with Crippen LogP contribution in [0.4, 0.5) is 17.6 Å². The highest BCUT2D eigenvalue weighted by atomic mass is 19.4. The molecule has 196 valence electrons. The van der Waals surface area contributed by atoms with E-state index in [2.05, 4.69) is 19.9 Å². The summed E-state index contributed by atoms with van der Waals surface area (Å²) in [6.07, 6.45) is -0.574. The van der Waals surface area contributed by atoms with Crippen molar-refractivity contribution in [3.8, 4) is 22.8 Å². The third-order valence-electron chi connectivity index (χ3n) is 6.29. The summed E-state index contributed by atoms with van der Waals surface area (Å²) in [6, 6.07) is 7.74. The molecule has 0 atom stereocenters. The monoisotopic (exact) mass is 525 g/mol. The number of hydrogen-bond acceptors (Lipinski definition) is 5. The number of benzene rings is 1. The van der Waals surface area contributed by atoms with Crippen molar-refractivity contribution < 1.29 is 17.6 Å². The maximum Gasteiger partial charge on any atom is 0.434 e. The summed E-state index contributed by atoms with van der Waals surface area (Å²) in [5, 5.41) is 0. The minimum Gasteiger partial charge on any atom is -0.333 e. The second kappa shape index (κ2) is 9.19. The number of hydrogen-bond donors (Lipinski definition) is 0. The standard InChI is InChI=1S/C26H23F4N7O/c1-14(2)21-17(6-5-9-31-21)22-32-11-19-24(34-22)37(25(38)36(19)4)12-15-7-8-16(18(27)10-15)23-33-20(13-35(23)3)26(28,29)30/h5-11,13-14H,12H2,1-4H3. The highest BCUT2D eigenvalue weighted by Gasteiger charge is 2.35. The molecule has 4 heterocycles. The van der Waals surface area contributed by atoms with Crippen molar-refractivity contribution in [1.29, 1.82) is 0 Å². The van der Waals surface area contributed by atoms with Crippen molar-refractivity contribution in [3.63, 3.8) is 0 Å². The van der Waals surface area contributed by atoms with Crippen molar-refractivity contribution in [1.82, 2.24) is 33.6 Å². The molecule has 0 radical (unpaired) electrons. The van der Waals surface area contributed by atoms with Crippen LogP contribution in [0.2, 0.25) is 0 Å². The SMILES string of the molecule is CC(C)c1ncccc1-c1ncc2c(n1)n(Cc1ccc(-c3nc(C(F)(F)F)cn3C)c(F)c1)c(=O)n2C. The summed E-state index contributed by atoms with van der Waals surface area (Å²) in [5.41, 5.74) is 1.29. The van der Waals surface area contributed by atoms with E-state index in [0.29, 0.717) is 22.6 Å². The fourth-order valence-corrected chi connectivity index (χ4v) is 4.39. The first-order chi connectivity index (χ1) is 18.0. The van der Waals surface area contributed by atoms with E-state index >= 15 is 4.39 Å². The predicted molar refractivity (Wildman–Crippen MR) is 133 cm³/mol. The topological polar surface area (TPSA) is 83.4 Å². The molecule has 1 aromatic carbocycles. The van der Waals surface area contributed by atoms with Crippen LogP contribution in [0.1, 0.15) is 36.7 Å². The van der Waals surface area contributed by atoms with E-state index < -0.39 is 17.7 Å². The highest BCUT2D eigenvalue weighted by molar-refractivity contribution is 5.74. The van der Waals surface area contributed by atoms with Crippen LogP contribution in [-0.4, -0.2) is 33.6 Å². The zero-order valence-electron chi connectivity index (χ0n) is 21.0. The number of aromatic nitrogens is 7. The molecule has 0 aliphatic rings. The Bertz CT molecular complexity index is 1730. The van der Waals surface area contributed by atoms with Crippen LogP contribution >= 0.6 is 0 Å². The van der Waals surface area contributed by atoms with Gasteiger partial charge in [-0.25, -0.2) is 24.1 Å². The number of fused-ring (bicyclic) bond motifs is 1. The Labute approximate surface area is 214 Å². The molecular weight excluding hydrogens is 502 g/mol. The summed E-state index contributed by atoms with van der Waals surface area (Å²) in [4.78, 5) is 30.2. The molecule has 5 rings (SSSR count). The lowest BCUT2D eigenvalue weighted by atomic mass is 10.0. The van der Waals surface area contributed by atoms with Crippen molar-refractivity contribution in [2.75, 3.05) is 0 Å². The highest BCUT2D eigenvalue weighted by Crippen LogP contribution is 2.32. The van der Waals surface area contributed by atoms with Gasteiger partial charge in [0.15, 0.2) is 17.2 Å². The van der Waals surface area contributed by atoms with Crippen LogP contribution in [0.3, 0.4) is 0 Å². The van der Waals surface area contributed by atoms with E-state index in [1.54, 1.807) is 31.6 Å². The van der Waals surface area contributed by atoms with Gasteiger partial charge in [0.05, 0.1) is 24.0 Å². The van der Waals surface area contributed by atoms with Crippen LogP contribution in [0.15, 0.2) is 53.7 Å². The molecule has 0 spiro atoms. The molecular formula is C26H23F4N7O. The molecule has 0 amide bonds. The minimum absolute atomic E-state index is 0.0116. The largest absolute Gasteiger partial charge is 0.434 e. The third-order valence-corrected chi connectivity index (χ3v) is 6.29. The summed E-state index contributed by atoms with van der Waals surface area (Å²) >= 11 is 0. The van der Waals surface area contributed by atoms with Gasteiger partial charge in [0.2, 0.25) is 0 Å². The molecule has 0 aliphatic heterocycles. The fourth-order valence-electron chi connectivity index (χ4n) is 4.39. The van der Waals surface area contributed by atoms with E-state index in [0.717, 1.165) is 22.0 Å². The molecule has 0 aliphatic carbocycles. The zero-order valence-corrected chi connectivity index (χ0v) is 21.0. The van der Waals surface area contributed by atoms with E-state index in [4.69, 9.17) is 0 Å². The summed E-state index contributed by atoms with van der Waals surface area (Å²) in [7, 11) is 2.96. The predicted octanol–water partition coefficient (Wildman–Crippen LogP) is 4.92. The van der Waals surface area contributed by atoms with Gasteiger partial charge < -0.3 is 4.57 Å². The Hall–Kier alpha value is -4.35. The van der Waals surface area contributed by atoms with E-state index in [9.17, 15) is 18.0 Å². The van der Waals surface area contributed by atoms with Gasteiger partial charge in [-0.3, -0.25) is 14.1 Å². The number of pyridine rings is 1. The third kappa shape index (κ3) is 4.35. The van der Waals surface area contributed by atoms with E-state index in [1.807, 2.05) is 19.9 Å². The normalized spacial score (nSPS) is 12.1. The van der Waals surface area contributed by atoms with Gasteiger partial charge in [-0.2, -0.15) is 13.2 Å². The molecule has 0 saturated heterocycles. The molecule has 0 bridgehead atoms. The molecule has 38 heavy (non-hydrogen) atoms. The van der Waals surface area contributed by atoms with Crippen LogP contribution < -0.4 is 5.69 Å². The average molecular weight is 526 g/mol. The van der Waals surface area contributed by atoms with Crippen molar-refractivity contribution in [3.05, 3.63) is 82.2 Å². The van der Waals surface area contributed by atoms with Crippen LogP contribution in [0, 0.1) is 5.82 Å². The first-order valence-electron chi connectivity index (χ1n) is 11.7. The number of nitrogens with zero attached hydrogens (tertiary/aromatic N) is 7. The first-order valence-corrected chi connectivity index (χ1v) is 11.7. The Morgan fingerprint density at radius 3 is 2.45 bits per heavy atom. The van der Waals surface area contributed by atoms with Gasteiger partial charge >= 0.3 is 11.9 Å². The number of halogens is 4. The second-order valence-electron chi connectivity index (χ2n) is 9.29. The number of rotatable bonds is 5. The van der Waals surface area contributed by atoms with Crippen molar-refractivity contribution >= 4 is 11.2 Å². The minimum atomic E-state index is -4.64. The first kappa shape index (κ1) is 25.3. The number of imidazole rings is 2. The van der Waals surface area contributed by atoms with Crippen LogP contribution in [0.25, 0.3) is 33.9 Å². The molecule has 0 fully saturated rings. The number of alkyl halides is 3. The van der Waals surface area contributed by atoms with E-state index in [-0.39, 0.29) is 29.5 Å². The van der Waals surface area contributed by atoms with Gasteiger partial charge in [0, 0.05) is 32.1 Å². The molecule has 8 nitrogen and oxygen atoms in total. The lowest BCUT2D eigenvalue weighted by Crippen LogP contribution is -2.23. The van der Waals surface area contributed by atoms with Gasteiger partial charge in [-0.15, -0.1) is 0 Å². The summed E-state index contributed by atoms with van der Waals surface area (Å²) in [5.74, 6) is -0.384. The molecule has 0 saturated carbocycles. The van der Waals surface area contributed by atoms with Crippen molar-refractivity contribution in [2.24, 2.45) is 14.1 Å². The molecule has 12 heteroatoms. The van der Waals surface area contributed by atoms with E-state index in [1.165, 1.54) is 28.3 Å². The van der Waals surface area contributed by atoms with Gasteiger partial charge in [-0.1, -0.05) is 19.9 Å². The maximum atomic E-state index is 15.1. The maximum absolute atomic E-state index is 15.1. The fraction of sp³-hybridized carbons (Fsp3) is 0.269. The lowest BCUT2D eigenvalue weighted by Gasteiger charge is -2.11. The average Bonchev–Trinajstić information content (AvgIpc) is 3.37. The van der Waals surface area contributed by atoms with Gasteiger partial charge in [-0.05, 0) is 35.7 Å². The zero-order chi connectivity index (χ0) is 27.4. The molecule has 5 aromatic rings. The van der Waals surface area contributed by atoms with Crippen molar-refractivity contribution in [2.45, 2.75) is 32.5 Å². The Kier molecular flexibility index (Phi) is 6.12. The van der Waals surface area contributed by atoms with Gasteiger partial charge in [0.25, 0.3) is 0 Å². The Balaban J connectivity index is 1.55. The molecule has 0 N–H and O–H groups in total. The molecule has 0 unspecified atom stereocenters. The quantitative estimate of drug-likeness (QED) is 0.304. The smallest absolute Gasteiger partial charge is 0.333 e. The Morgan fingerprint density at radius 1 is 1.03 bits per heavy atom. The number of aryl methyl sites for hydroxylation is 2. The molecule has 4 aromatic heterocycles.